The minimum absolute atomic E-state index is 0.0349. The Balaban J connectivity index is 1.42. The van der Waals surface area contributed by atoms with Crippen LogP contribution in [0.25, 0.3) is 0 Å². The highest BCUT2D eigenvalue weighted by atomic mass is 32.2. The number of amides is 1. The van der Waals surface area contributed by atoms with Gasteiger partial charge >= 0.3 is 0 Å². The van der Waals surface area contributed by atoms with Crippen LogP contribution in [0.2, 0.25) is 0 Å². The van der Waals surface area contributed by atoms with Gasteiger partial charge in [-0.3, -0.25) is 4.79 Å². The van der Waals surface area contributed by atoms with E-state index in [0.29, 0.717) is 18.4 Å². The van der Waals surface area contributed by atoms with E-state index in [0.717, 1.165) is 12.8 Å². The van der Waals surface area contributed by atoms with Crippen LogP contribution in [0.15, 0.2) is 35.7 Å². The van der Waals surface area contributed by atoms with E-state index >= 15 is 0 Å². The molecule has 4 nitrogen and oxygen atoms in total. The standard InChI is InChI=1S/C24H32N2O2S/c25-13-18(14-3-1-2-4-14)15-5-7-16(8-6-15)21-20(27)10-9-19-22(21)17-11-12-29-23(17)24(28)26-19/h5-8,11-12,14,17-23,27H,1-4,9-10,13,25H2,(H,26,28). The fourth-order valence-corrected chi connectivity index (χ4v) is 7.61. The van der Waals surface area contributed by atoms with Crippen molar-refractivity contribution in [2.75, 3.05) is 6.54 Å². The number of allylic oxidation sites excluding steroid dienone is 1. The van der Waals surface area contributed by atoms with Crippen LogP contribution in [0, 0.1) is 17.8 Å². The van der Waals surface area contributed by atoms with Crippen LogP contribution in [0.1, 0.15) is 61.5 Å². The zero-order valence-electron chi connectivity index (χ0n) is 16.9. The molecular weight excluding hydrogens is 380 g/mol. The zero-order valence-corrected chi connectivity index (χ0v) is 17.7. The van der Waals surface area contributed by atoms with Crippen molar-refractivity contribution < 1.29 is 9.90 Å². The summed E-state index contributed by atoms with van der Waals surface area (Å²) in [6, 6.07) is 9.11. The van der Waals surface area contributed by atoms with Gasteiger partial charge in [-0.25, -0.2) is 0 Å². The molecule has 1 aromatic rings. The lowest BCUT2D eigenvalue weighted by molar-refractivity contribution is -0.126. The number of hydrogen-bond acceptors (Lipinski definition) is 4. The third-order valence-corrected chi connectivity index (χ3v) is 9.08. The molecule has 0 aromatic heterocycles. The summed E-state index contributed by atoms with van der Waals surface area (Å²) in [4.78, 5) is 12.5. The van der Waals surface area contributed by atoms with Crippen molar-refractivity contribution in [3.8, 4) is 0 Å². The van der Waals surface area contributed by atoms with Crippen molar-refractivity contribution in [1.82, 2.24) is 5.32 Å². The molecule has 5 rings (SSSR count). The van der Waals surface area contributed by atoms with E-state index in [4.69, 9.17) is 5.73 Å². The van der Waals surface area contributed by atoms with Crippen LogP contribution in [-0.2, 0) is 4.79 Å². The van der Waals surface area contributed by atoms with Crippen LogP contribution >= 0.6 is 11.8 Å². The topological polar surface area (TPSA) is 75.3 Å². The Kier molecular flexibility index (Phi) is 5.48. The first-order valence-corrected chi connectivity index (χ1v) is 12.2. The third-order valence-electron chi connectivity index (χ3n) is 7.95. The molecule has 7 unspecified atom stereocenters. The van der Waals surface area contributed by atoms with Crippen LogP contribution < -0.4 is 11.1 Å². The molecule has 4 aliphatic rings. The molecule has 1 aromatic carbocycles. The molecule has 0 radical (unpaired) electrons. The van der Waals surface area contributed by atoms with Gasteiger partial charge < -0.3 is 16.2 Å². The fourth-order valence-electron chi connectivity index (χ4n) is 6.52. The predicted octanol–water partition coefficient (Wildman–Crippen LogP) is 3.52. The first-order valence-electron chi connectivity index (χ1n) is 11.3. The summed E-state index contributed by atoms with van der Waals surface area (Å²) >= 11 is 1.62. The van der Waals surface area contributed by atoms with Crippen LogP contribution in [0.5, 0.6) is 0 Å². The van der Waals surface area contributed by atoms with Gasteiger partial charge in [0.15, 0.2) is 0 Å². The van der Waals surface area contributed by atoms with Crippen LogP contribution in [0.4, 0.5) is 0 Å². The smallest absolute Gasteiger partial charge is 0.234 e. The van der Waals surface area contributed by atoms with E-state index in [1.54, 1.807) is 11.8 Å². The van der Waals surface area contributed by atoms with Gasteiger partial charge in [-0.1, -0.05) is 43.2 Å². The van der Waals surface area contributed by atoms with Crippen molar-refractivity contribution in [1.29, 1.82) is 0 Å². The minimum Gasteiger partial charge on any atom is -0.392 e. The van der Waals surface area contributed by atoms with E-state index in [-0.39, 0.29) is 41.1 Å². The molecule has 2 saturated carbocycles. The monoisotopic (exact) mass is 412 g/mol. The first kappa shape index (κ1) is 19.7. The number of carbonyl (C=O) groups excluding carboxylic acids is 1. The second kappa shape index (κ2) is 8.09. The number of piperidine rings is 1. The summed E-state index contributed by atoms with van der Waals surface area (Å²) in [5.41, 5.74) is 8.71. The van der Waals surface area contributed by atoms with Gasteiger partial charge in [0.2, 0.25) is 5.91 Å². The highest BCUT2D eigenvalue weighted by Crippen LogP contribution is 2.50. The van der Waals surface area contributed by atoms with Crippen LogP contribution in [-0.4, -0.2) is 35.0 Å². The van der Waals surface area contributed by atoms with E-state index in [1.807, 2.05) is 0 Å². The highest BCUT2D eigenvalue weighted by Gasteiger charge is 2.51. The number of hydrogen-bond donors (Lipinski definition) is 3. The number of benzene rings is 1. The lowest BCUT2D eigenvalue weighted by Crippen LogP contribution is -2.59. The number of carbonyl (C=O) groups is 1. The molecule has 156 valence electrons. The van der Waals surface area contributed by atoms with Gasteiger partial charge in [-0.05, 0) is 66.5 Å². The molecule has 2 heterocycles. The lowest BCUT2D eigenvalue weighted by Gasteiger charge is -2.48. The summed E-state index contributed by atoms with van der Waals surface area (Å²) in [7, 11) is 0. The number of fused-ring (bicyclic) bond motifs is 3. The molecule has 2 aliphatic carbocycles. The van der Waals surface area contributed by atoms with Crippen molar-refractivity contribution in [2.24, 2.45) is 23.5 Å². The fraction of sp³-hybridized carbons (Fsp3) is 0.625. The molecular formula is C24H32N2O2S. The maximum absolute atomic E-state index is 12.5. The van der Waals surface area contributed by atoms with Gasteiger partial charge in [-0.15, -0.1) is 11.8 Å². The number of aliphatic hydroxyl groups is 1. The van der Waals surface area contributed by atoms with E-state index in [2.05, 4.69) is 41.1 Å². The second-order valence-electron chi connectivity index (χ2n) is 9.38. The number of nitrogens with one attached hydrogen (secondary N) is 1. The van der Waals surface area contributed by atoms with Gasteiger partial charge in [0, 0.05) is 17.9 Å². The molecule has 2 aliphatic heterocycles. The van der Waals surface area contributed by atoms with Crippen LogP contribution in [0.3, 0.4) is 0 Å². The SMILES string of the molecule is NCC(c1ccc(C2C(O)CCC3NC(=O)C4SC=CC4C32)cc1)C1CCCC1. The molecule has 1 saturated heterocycles. The van der Waals surface area contributed by atoms with Crippen molar-refractivity contribution >= 4 is 17.7 Å². The van der Waals surface area contributed by atoms with E-state index < -0.39 is 0 Å². The Morgan fingerprint density at radius 3 is 2.62 bits per heavy atom. The average molecular weight is 413 g/mol. The summed E-state index contributed by atoms with van der Waals surface area (Å²) in [5, 5.41) is 16.3. The molecule has 0 bridgehead atoms. The summed E-state index contributed by atoms with van der Waals surface area (Å²) in [6.07, 6.45) is 8.71. The zero-order chi connectivity index (χ0) is 20.0. The van der Waals surface area contributed by atoms with E-state index in [9.17, 15) is 9.90 Å². The molecule has 7 atom stereocenters. The summed E-state index contributed by atoms with van der Waals surface area (Å²) < 4.78 is 0. The molecule has 4 N–H and O–H groups in total. The Hall–Kier alpha value is -1.30. The average Bonchev–Trinajstić information content (AvgIpc) is 3.42. The number of thioether (sulfide) groups is 1. The van der Waals surface area contributed by atoms with Gasteiger partial charge in [0.05, 0.1) is 11.4 Å². The number of rotatable bonds is 4. The quantitative estimate of drug-likeness (QED) is 0.707. The first-order chi connectivity index (χ1) is 14.2. The second-order valence-corrected chi connectivity index (χ2v) is 10.4. The van der Waals surface area contributed by atoms with Crippen molar-refractivity contribution in [2.45, 2.75) is 67.8 Å². The number of aliphatic hydroxyl groups excluding tert-OH is 1. The Labute approximate surface area is 177 Å². The summed E-state index contributed by atoms with van der Waals surface area (Å²) in [6.45, 7) is 0.707. The molecule has 0 spiro atoms. The normalized spacial score (nSPS) is 37.8. The van der Waals surface area contributed by atoms with Gasteiger partial charge in [-0.2, -0.15) is 0 Å². The maximum atomic E-state index is 12.5. The Morgan fingerprint density at radius 1 is 1.14 bits per heavy atom. The Morgan fingerprint density at radius 2 is 1.90 bits per heavy atom. The minimum atomic E-state index is -0.350. The highest BCUT2D eigenvalue weighted by molar-refractivity contribution is 8.03. The van der Waals surface area contributed by atoms with Gasteiger partial charge in [0.1, 0.15) is 0 Å². The third kappa shape index (κ3) is 3.45. The maximum Gasteiger partial charge on any atom is 0.234 e. The van der Waals surface area contributed by atoms with Gasteiger partial charge in [0.25, 0.3) is 0 Å². The number of nitrogens with two attached hydrogens (primary N) is 1. The molecule has 29 heavy (non-hydrogen) atoms. The Bertz CT molecular complexity index is 774. The molecule has 5 heteroatoms. The van der Waals surface area contributed by atoms with Crippen molar-refractivity contribution in [3.63, 3.8) is 0 Å². The predicted molar refractivity (Wildman–Crippen MR) is 118 cm³/mol. The molecule has 3 fully saturated rings. The van der Waals surface area contributed by atoms with Crippen molar-refractivity contribution in [3.05, 3.63) is 46.9 Å². The lowest BCUT2D eigenvalue weighted by atomic mass is 9.63. The largest absolute Gasteiger partial charge is 0.392 e. The molecule has 1 amide bonds. The van der Waals surface area contributed by atoms with E-state index in [1.165, 1.54) is 36.8 Å². The summed E-state index contributed by atoms with van der Waals surface area (Å²) in [5.74, 6) is 1.88.